The predicted molar refractivity (Wildman–Crippen MR) is 140 cm³/mol. The van der Waals surface area contributed by atoms with E-state index in [0.29, 0.717) is 46.4 Å². The van der Waals surface area contributed by atoms with Gasteiger partial charge in [-0.25, -0.2) is 4.39 Å². The predicted octanol–water partition coefficient (Wildman–Crippen LogP) is 6.92. The van der Waals surface area contributed by atoms with E-state index >= 15 is 0 Å². The molecule has 2 fully saturated rings. The first-order valence-corrected chi connectivity index (χ1v) is 12.9. The molecule has 0 aliphatic heterocycles. The Hall–Kier alpha value is -3.02. The smallest absolute Gasteiger partial charge is 0.165 e. The van der Waals surface area contributed by atoms with Crippen molar-refractivity contribution >= 4 is 28.3 Å². The van der Waals surface area contributed by atoms with Crippen LogP contribution in [0.25, 0.3) is 22.0 Å². The van der Waals surface area contributed by atoms with Crippen molar-refractivity contribution in [1.82, 2.24) is 9.78 Å². The van der Waals surface area contributed by atoms with Gasteiger partial charge in [-0.15, -0.1) is 0 Å². The zero-order chi connectivity index (χ0) is 24.9. The molecule has 0 atom stereocenters. The number of nitrogens with zero attached hydrogens (tertiary/aromatic N) is 2. The minimum atomic E-state index is -0.284. The van der Waals surface area contributed by atoms with E-state index in [-0.39, 0.29) is 18.2 Å². The molecule has 184 valence electrons. The fourth-order valence-corrected chi connectivity index (χ4v) is 6.75. The highest BCUT2D eigenvalue weighted by atomic mass is 35.5. The van der Waals surface area contributed by atoms with Crippen molar-refractivity contribution in [3.05, 3.63) is 88.8 Å². The van der Waals surface area contributed by atoms with Crippen LogP contribution >= 0.6 is 11.6 Å². The van der Waals surface area contributed by atoms with Crippen LogP contribution in [0.15, 0.2) is 66.9 Å². The number of carbonyl (C=O) groups is 1. The summed E-state index contributed by atoms with van der Waals surface area (Å²) in [6, 6.07) is 18.3. The quantitative estimate of drug-likeness (QED) is 0.279. The number of hydrogen-bond donors (Lipinski definition) is 1. The Bertz CT molecular complexity index is 1430. The molecule has 1 heterocycles. The average Bonchev–Trinajstić information content (AvgIpc) is 3.21. The first-order chi connectivity index (χ1) is 17.4. The van der Waals surface area contributed by atoms with Gasteiger partial charge in [0.05, 0.1) is 18.3 Å². The molecule has 2 aliphatic carbocycles. The third-order valence-corrected chi connectivity index (χ3v) is 8.29. The molecular formula is C30H28ClFN2O2. The van der Waals surface area contributed by atoms with Crippen LogP contribution in [0.1, 0.15) is 48.0 Å². The Morgan fingerprint density at radius 3 is 2.53 bits per heavy atom. The van der Waals surface area contributed by atoms with Crippen LogP contribution < -0.4 is 0 Å². The molecule has 0 radical (unpaired) electrons. The third-order valence-electron chi connectivity index (χ3n) is 8.07. The van der Waals surface area contributed by atoms with E-state index in [4.69, 9.17) is 11.6 Å². The molecule has 0 bridgehead atoms. The van der Waals surface area contributed by atoms with Gasteiger partial charge < -0.3 is 5.11 Å². The Morgan fingerprint density at radius 1 is 1.06 bits per heavy atom. The van der Waals surface area contributed by atoms with Crippen LogP contribution in [0, 0.1) is 23.1 Å². The minimum absolute atomic E-state index is 0.0766. The van der Waals surface area contributed by atoms with Crippen LogP contribution in [-0.2, 0) is 6.54 Å². The monoisotopic (exact) mass is 502 g/mol. The number of hydrogen-bond acceptors (Lipinski definition) is 3. The van der Waals surface area contributed by atoms with Crippen LogP contribution in [0.2, 0.25) is 5.02 Å². The Balaban J connectivity index is 1.23. The second kappa shape index (κ2) is 9.13. The number of carbonyl (C=O) groups excluding carboxylic acids is 1. The highest BCUT2D eigenvalue weighted by Crippen LogP contribution is 2.61. The van der Waals surface area contributed by atoms with E-state index < -0.39 is 0 Å². The Labute approximate surface area is 214 Å². The summed E-state index contributed by atoms with van der Waals surface area (Å²) in [4.78, 5) is 13.4. The first-order valence-electron chi connectivity index (χ1n) is 12.6. The third kappa shape index (κ3) is 4.25. The van der Waals surface area contributed by atoms with E-state index in [1.807, 2.05) is 42.5 Å². The van der Waals surface area contributed by atoms with Gasteiger partial charge in [0.15, 0.2) is 5.78 Å². The molecule has 36 heavy (non-hydrogen) atoms. The zero-order valence-corrected chi connectivity index (χ0v) is 20.7. The largest absolute Gasteiger partial charge is 0.396 e. The molecule has 6 heteroatoms. The average molecular weight is 503 g/mol. The number of ketones is 1. The maximum Gasteiger partial charge on any atom is 0.165 e. The van der Waals surface area contributed by atoms with E-state index in [9.17, 15) is 14.3 Å². The van der Waals surface area contributed by atoms with Gasteiger partial charge in [0.25, 0.3) is 0 Å². The van der Waals surface area contributed by atoms with Gasteiger partial charge in [-0.05, 0) is 72.3 Å². The van der Waals surface area contributed by atoms with Gasteiger partial charge in [-0.3, -0.25) is 9.48 Å². The number of aliphatic hydroxyl groups is 1. The standard InChI is InChI=1S/C30H28ClFN2O2/c31-24-10-23-16-33-34(17-19-6-7-25(27(32)8-19)22-4-2-1-3-5-22)29(23)26(11-24)28(36)9-20-12-30(13-20)14-21(15-30)18-35/h1-8,10-11,16,20-21,35H,9,12-15,17-18H2. The van der Waals surface area contributed by atoms with Crippen LogP contribution in [0.5, 0.6) is 0 Å². The lowest BCUT2D eigenvalue weighted by molar-refractivity contribution is -0.0824. The molecule has 0 unspecified atom stereocenters. The number of benzene rings is 3. The van der Waals surface area contributed by atoms with Crippen molar-refractivity contribution in [3.63, 3.8) is 0 Å². The second-order valence-electron chi connectivity index (χ2n) is 10.7. The van der Waals surface area contributed by atoms with Gasteiger partial charge in [0.2, 0.25) is 0 Å². The normalized spacial score (nSPS) is 23.0. The van der Waals surface area contributed by atoms with Gasteiger partial charge in [-0.1, -0.05) is 54.1 Å². The van der Waals surface area contributed by atoms with Gasteiger partial charge in [0.1, 0.15) is 5.82 Å². The zero-order valence-electron chi connectivity index (χ0n) is 20.0. The van der Waals surface area contributed by atoms with E-state index in [2.05, 4.69) is 5.10 Å². The summed E-state index contributed by atoms with van der Waals surface area (Å²) in [7, 11) is 0. The molecule has 1 N–H and O–H groups in total. The first kappa shape index (κ1) is 23.4. The van der Waals surface area contributed by atoms with Crippen molar-refractivity contribution in [2.75, 3.05) is 6.61 Å². The molecule has 4 aromatic rings. The summed E-state index contributed by atoms with van der Waals surface area (Å²) in [5.41, 5.74) is 3.85. The molecule has 1 spiro atoms. The number of aromatic nitrogens is 2. The molecule has 0 saturated heterocycles. The summed E-state index contributed by atoms with van der Waals surface area (Å²) in [6.07, 6.45) is 6.50. The lowest BCUT2D eigenvalue weighted by atomic mass is 9.47. The topological polar surface area (TPSA) is 55.1 Å². The lowest BCUT2D eigenvalue weighted by Gasteiger charge is -2.57. The summed E-state index contributed by atoms with van der Waals surface area (Å²) >= 11 is 6.36. The number of Topliss-reactive ketones (excluding diaryl/α,β-unsaturated/α-hetero) is 1. The molecule has 3 aromatic carbocycles. The summed E-state index contributed by atoms with van der Waals surface area (Å²) < 4.78 is 16.7. The summed E-state index contributed by atoms with van der Waals surface area (Å²) in [6.45, 7) is 0.626. The van der Waals surface area contributed by atoms with Crippen molar-refractivity contribution < 1.29 is 14.3 Å². The fraction of sp³-hybridized carbons (Fsp3) is 0.333. The Kier molecular flexibility index (Phi) is 5.93. The minimum Gasteiger partial charge on any atom is -0.396 e. The number of halogens is 2. The van der Waals surface area contributed by atoms with Crippen LogP contribution in [0.4, 0.5) is 4.39 Å². The van der Waals surface area contributed by atoms with Crippen molar-refractivity contribution in [2.24, 2.45) is 17.3 Å². The molecule has 2 aliphatic rings. The van der Waals surface area contributed by atoms with Crippen molar-refractivity contribution in [1.29, 1.82) is 0 Å². The highest BCUT2D eigenvalue weighted by Gasteiger charge is 2.52. The van der Waals surface area contributed by atoms with Gasteiger partial charge in [-0.2, -0.15) is 5.10 Å². The molecule has 1 aromatic heterocycles. The lowest BCUT2D eigenvalue weighted by Crippen LogP contribution is -2.48. The highest BCUT2D eigenvalue weighted by molar-refractivity contribution is 6.32. The molecular weight excluding hydrogens is 475 g/mol. The number of fused-ring (bicyclic) bond motifs is 1. The molecule has 6 rings (SSSR count). The fourth-order valence-electron chi connectivity index (χ4n) is 6.52. The summed E-state index contributed by atoms with van der Waals surface area (Å²) in [5, 5.41) is 15.2. The number of rotatable bonds is 7. The van der Waals surface area contributed by atoms with Crippen molar-refractivity contribution in [2.45, 2.75) is 38.6 Å². The van der Waals surface area contributed by atoms with Crippen molar-refractivity contribution in [3.8, 4) is 11.1 Å². The SMILES string of the molecule is O=C(CC1CC2(CC(CO)C2)C1)c1cc(Cl)cc2cnn(Cc3ccc(-c4ccccc4)c(F)c3)c12. The van der Waals surface area contributed by atoms with E-state index in [1.54, 1.807) is 29.1 Å². The van der Waals surface area contributed by atoms with E-state index in [0.717, 1.165) is 47.7 Å². The number of aliphatic hydroxyl groups excluding tert-OH is 1. The molecule has 2 saturated carbocycles. The van der Waals surface area contributed by atoms with E-state index in [1.165, 1.54) is 0 Å². The molecule has 0 amide bonds. The Morgan fingerprint density at radius 2 is 1.81 bits per heavy atom. The maximum atomic E-state index is 15.0. The maximum absolute atomic E-state index is 15.0. The van der Waals surface area contributed by atoms with Crippen LogP contribution in [0.3, 0.4) is 0 Å². The second-order valence-corrected chi connectivity index (χ2v) is 11.2. The van der Waals surface area contributed by atoms with Crippen LogP contribution in [-0.4, -0.2) is 27.3 Å². The van der Waals surface area contributed by atoms with Gasteiger partial charge >= 0.3 is 0 Å². The molecule has 4 nitrogen and oxygen atoms in total. The summed E-state index contributed by atoms with van der Waals surface area (Å²) in [5.74, 6) is 0.609. The van der Waals surface area contributed by atoms with Gasteiger partial charge in [0, 0.05) is 34.6 Å².